The van der Waals surface area contributed by atoms with Gasteiger partial charge in [-0.3, -0.25) is 0 Å². The highest BCUT2D eigenvalue weighted by Gasteiger charge is 2.43. The number of halogens is 4. The molecule has 0 heterocycles. The minimum absolute atomic E-state index is 0.225. The van der Waals surface area contributed by atoms with Crippen LogP contribution in [0.3, 0.4) is 0 Å². The third-order valence-electron chi connectivity index (χ3n) is 7.30. The van der Waals surface area contributed by atoms with E-state index in [-0.39, 0.29) is 5.75 Å². The molecule has 0 saturated heterocycles. The minimum Gasteiger partial charge on any atom is -0.428 e. The summed E-state index contributed by atoms with van der Waals surface area (Å²) in [5, 5.41) is 0. The maximum atomic E-state index is 13.0. The second-order valence-corrected chi connectivity index (χ2v) is 9.12. The van der Waals surface area contributed by atoms with Gasteiger partial charge in [0.2, 0.25) is 0 Å². The lowest BCUT2D eigenvalue weighted by Gasteiger charge is -2.37. The van der Waals surface area contributed by atoms with Crippen molar-refractivity contribution in [2.24, 2.45) is 23.7 Å². The zero-order valence-electron chi connectivity index (χ0n) is 17.4. The highest BCUT2D eigenvalue weighted by molar-refractivity contribution is 5.27. The number of ether oxygens (including phenoxy) is 1. The van der Waals surface area contributed by atoms with Gasteiger partial charge in [-0.2, -0.15) is 17.6 Å². The van der Waals surface area contributed by atoms with Crippen LogP contribution in [0.4, 0.5) is 17.6 Å². The van der Waals surface area contributed by atoms with Gasteiger partial charge in [-0.25, -0.2) is 0 Å². The van der Waals surface area contributed by atoms with Crippen molar-refractivity contribution in [3.05, 3.63) is 29.8 Å². The van der Waals surface area contributed by atoms with E-state index in [9.17, 15) is 17.6 Å². The van der Waals surface area contributed by atoms with Crippen LogP contribution in [0.2, 0.25) is 0 Å². The Bertz CT molecular complexity index is 600. The molecule has 29 heavy (non-hydrogen) atoms. The third kappa shape index (κ3) is 6.36. The summed E-state index contributed by atoms with van der Waals surface area (Å²) in [6, 6.07) is 6.12. The van der Waals surface area contributed by atoms with Gasteiger partial charge in [0, 0.05) is 0 Å². The van der Waals surface area contributed by atoms with Gasteiger partial charge in [-0.15, -0.1) is 0 Å². The Morgan fingerprint density at radius 1 is 0.862 bits per heavy atom. The second kappa shape index (κ2) is 10.2. The van der Waals surface area contributed by atoms with E-state index in [2.05, 4.69) is 11.7 Å². The summed E-state index contributed by atoms with van der Waals surface area (Å²) in [7, 11) is 0. The molecule has 2 saturated carbocycles. The first kappa shape index (κ1) is 22.4. The molecule has 0 N–H and O–H groups in total. The second-order valence-electron chi connectivity index (χ2n) is 9.12. The summed E-state index contributed by atoms with van der Waals surface area (Å²) >= 11 is 0. The Hall–Kier alpha value is -1.26. The largest absolute Gasteiger partial charge is 0.461 e. The van der Waals surface area contributed by atoms with Crippen LogP contribution in [0.5, 0.6) is 5.75 Å². The fraction of sp³-hybridized carbons (Fsp3) is 0.750. The SMILES string of the molecule is CCC1CCC(C2CCC(CCc3ccc(OC(F)(F)C(F)F)cc3)CC2)CC1. The van der Waals surface area contributed by atoms with E-state index in [1.54, 1.807) is 12.1 Å². The fourth-order valence-corrected chi connectivity index (χ4v) is 5.31. The predicted molar refractivity (Wildman–Crippen MR) is 108 cm³/mol. The van der Waals surface area contributed by atoms with E-state index in [0.29, 0.717) is 0 Å². The molecule has 0 atom stereocenters. The Morgan fingerprint density at radius 3 is 1.86 bits per heavy atom. The highest BCUT2D eigenvalue weighted by atomic mass is 19.3. The average Bonchev–Trinajstić information content (AvgIpc) is 2.73. The molecule has 0 spiro atoms. The first-order valence-corrected chi connectivity index (χ1v) is 11.3. The van der Waals surface area contributed by atoms with Crippen LogP contribution in [0.1, 0.15) is 76.7 Å². The summed E-state index contributed by atoms with van der Waals surface area (Å²) < 4.78 is 54.4. The molecule has 2 aliphatic rings. The zero-order chi connectivity index (χ0) is 20.9. The van der Waals surface area contributed by atoms with Crippen molar-refractivity contribution in [3.8, 4) is 5.75 Å². The van der Waals surface area contributed by atoms with Gasteiger partial charge in [0.05, 0.1) is 0 Å². The van der Waals surface area contributed by atoms with Gasteiger partial charge < -0.3 is 4.74 Å². The van der Waals surface area contributed by atoms with Crippen molar-refractivity contribution >= 4 is 0 Å². The number of hydrogen-bond donors (Lipinski definition) is 0. The van der Waals surface area contributed by atoms with Crippen molar-refractivity contribution in [3.63, 3.8) is 0 Å². The molecule has 2 aliphatic carbocycles. The van der Waals surface area contributed by atoms with Crippen LogP contribution in [-0.2, 0) is 6.42 Å². The molecule has 1 aromatic carbocycles. The summed E-state index contributed by atoms with van der Waals surface area (Å²) in [5.74, 6) is 3.32. The smallest absolute Gasteiger partial charge is 0.428 e. The standard InChI is InChI=1S/C24H34F4O/c1-2-17-5-11-20(12-6-17)21-13-7-18(8-14-21)3-4-19-9-15-22(16-10-19)29-24(27,28)23(25)26/h9-10,15-18,20-21,23H,2-8,11-14H2,1H3. The molecule has 164 valence electrons. The van der Waals surface area contributed by atoms with Gasteiger partial charge in [0.15, 0.2) is 0 Å². The number of rotatable bonds is 8. The van der Waals surface area contributed by atoms with Crippen molar-refractivity contribution in [1.29, 1.82) is 0 Å². The number of aryl methyl sites for hydroxylation is 1. The number of benzene rings is 1. The van der Waals surface area contributed by atoms with Gasteiger partial charge in [0.1, 0.15) is 5.75 Å². The molecule has 0 bridgehead atoms. The molecular formula is C24H34F4O. The van der Waals surface area contributed by atoms with E-state index in [1.165, 1.54) is 69.9 Å². The summed E-state index contributed by atoms with van der Waals surface area (Å²) in [4.78, 5) is 0. The molecule has 0 radical (unpaired) electrons. The minimum atomic E-state index is -4.45. The lowest BCUT2D eigenvalue weighted by atomic mass is 9.68. The first-order chi connectivity index (χ1) is 13.9. The van der Waals surface area contributed by atoms with Crippen LogP contribution in [0.15, 0.2) is 24.3 Å². The zero-order valence-corrected chi connectivity index (χ0v) is 17.4. The lowest BCUT2D eigenvalue weighted by Crippen LogP contribution is -2.33. The lowest BCUT2D eigenvalue weighted by molar-refractivity contribution is -0.253. The van der Waals surface area contributed by atoms with Gasteiger partial charge in [-0.05, 0) is 79.9 Å². The molecule has 0 aromatic heterocycles. The van der Waals surface area contributed by atoms with Crippen molar-refractivity contribution in [2.75, 3.05) is 0 Å². The van der Waals surface area contributed by atoms with Crippen molar-refractivity contribution in [1.82, 2.24) is 0 Å². The van der Waals surface area contributed by atoms with Crippen LogP contribution in [-0.4, -0.2) is 12.5 Å². The number of alkyl halides is 4. The highest BCUT2D eigenvalue weighted by Crippen LogP contribution is 2.42. The molecule has 3 rings (SSSR count). The molecule has 1 aromatic rings. The van der Waals surface area contributed by atoms with E-state index in [1.807, 2.05) is 0 Å². The van der Waals surface area contributed by atoms with Crippen LogP contribution < -0.4 is 4.74 Å². The van der Waals surface area contributed by atoms with Gasteiger partial charge >= 0.3 is 12.5 Å². The van der Waals surface area contributed by atoms with Crippen LogP contribution in [0.25, 0.3) is 0 Å². The van der Waals surface area contributed by atoms with E-state index in [0.717, 1.165) is 42.1 Å². The fourth-order valence-electron chi connectivity index (χ4n) is 5.31. The topological polar surface area (TPSA) is 9.23 Å². The van der Waals surface area contributed by atoms with E-state index in [4.69, 9.17) is 0 Å². The maximum Gasteiger partial charge on any atom is 0.461 e. The average molecular weight is 415 g/mol. The first-order valence-electron chi connectivity index (χ1n) is 11.3. The normalized spacial score (nSPS) is 28.5. The van der Waals surface area contributed by atoms with E-state index >= 15 is 0 Å². The summed E-state index contributed by atoms with van der Waals surface area (Å²) in [5.41, 5.74) is 1.04. The quantitative estimate of drug-likeness (QED) is 0.393. The monoisotopic (exact) mass is 414 g/mol. The van der Waals surface area contributed by atoms with Crippen LogP contribution in [0, 0.1) is 23.7 Å². The molecule has 0 aliphatic heterocycles. The summed E-state index contributed by atoms with van der Waals surface area (Å²) in [6.45, 7) is 2.31. The molecular weight excluding hydrogens is 380 g/mol. The Morgan fingerprint density at radius 2 is 1.38 bits per heavy atom. The van der Waals surface area contributed by atoms with E-state index < -0.39 is 12.5 Å². The number of hydrogen-bond acceptors (Lipinski definition) is 1. The maximum absolute atomic E-state index is 13.0. The van der Waals surface area contributed by atoms with Gasteiger partial charge in [0.25, 0.3) is 0 Å². The Balaban J connectivity index is 1.38. The predicted octanol–water partition coefficient (Wildman–Crippen LogP) is 7.88. The van der Waals surface area contributed by atoms with Crippen LogP contribution >= 0.6 is 0 Å². The Labute approximate surface area is 172 Å². The van der Waals surface area contributed by atoms with Crippen molar-refractivity contribution < 1.29 is 22.3 Å². The molecule has 0 amide bonds. The summed E-state index contributed by atoms with van der Waals surface area (Å²) in [6.07, 6.45) is 6.01. The van der Waals surface area contributed by atoms with Gasteiger partial charge in [-0.1, -0.05) is 51.2 Å². The molecule has 1 nitrogen and oxygen atoms in total. The molecule has 0 unspecified atom stereocenters. The van der Waals surface area contributed by atoms with Crippen molar-refractivity contribution in [2.45, 2.75) is 90.1 Å². The third-order valence-corrected chi connectivity index (χ3v) is 7.30. The molecule has 5 heteroatoms. The molecule has 2 fully saturated rings. The Kier molecular flexibility index (Phi) is 7.86.